The largest absolute Gasteiger partial charge is 0.508 e. The predicted octanol–water partition coefficient (Wildman–Crippen LogP) is 2.29. The van der Waals surface area contributed by atoms with Crippen molar-refractivity contribution in [2.45, 2.75) is 6.42 Å². The highest BCUT2D eigenvalue weighted by Crippen LogP contribution is 2.34. The van der Waals surface area contributed by atoms with Gasteiger partial charge in [-0.05, 0) is 23.8 Å². The maximum Gasteiger partial charge on any atom is 0.310 e. The summed E-state index contributed by atoms with van der Waals surface area (Å²) >= 11 is 0. The number of carbonyl (C=O) groups excluding carboxylic acids is 1. The van der Waals surface area contributed by atoms with Crippen molar-refractivity contribution in [1.29, 1.82) is 0 Å². The third kappa shape index (κ3) is 3.12. The van der Waals surface area contributed by atoms with Crippen LogP contribution in [0.1, 0.15) is 5.56 Å². The maximum absolute atomic E-state index is 12.5. The molecule has 3 rings (SSSR count). The van der Waals surface area contributed by atoms with E-state index in [1.54, 1.807) is 0 Å². The van der Waals surface area contributed by atoms with Gasteiger partial charge in [-0.25, -0.2) is 0 Å². The number of benzene rings is 2. The average Bonchev–Trinajstić information content (AvgIpc) is 2.53. The first-order valence-corrected chi connectivity index (χ1v) is 7.28. The highest BCUT2D eigenvalue weighted by molar-refractivity contribution is 5.87. The lowest BCUT2D eigenvalue weighted by Gasteiger charge is -2.09. The molecule has 1 heterocycles. The van der Waals surface area contributed by atoms with Gasteiger partial charge in [0.1, 0.15) is 28.6 Å². The Morgan fingerprint density at radius 1 is 1.08 bits per heavy atom. The Bertz CT molecular complexity index is 1030. The molecule has 0 saturated carbocycles. The molecule has 0 fully saturated rings. The smallest absolute Gasteiger partial charge is 0.310 e. The van der Waals surface area contributed by atoms with Gasteiger partial charge in [0.25, 0.3) is 0 Å². The molecule has 0 bridgehead atoms. The van der Waals surface area contributed by atoms with Gasteiger partial charge in [0, 0.05) is 18.2 Å². The number of hydrogen-bond donors (Lipinski definition) is 3. The van der Waals surface area contributed by atoms with E-state index in [4.69, 9.17) is 4.42 Å². The summed E-state index contributed by atoms with van der Waals surface area (Å²) in [5, 5.41) is 29.3. The second-order valence-electron chi connectivity index (χ2n) is 5.41. The van der Waals surface area contributed by atoms with E-state index in [0.717, 1.165) is 6.07 Å². The Morgan fingerprint density at radius 2 is 1.84 bits per heavy atom. The van der Waals surface area contributed by atoms with Crippen LogP contribution in [0.2, 0.25) is 0 Å². The third-order valence-electron chi connectivity index (χ3n) is 3.71. The van der Waals surface area contributed by atoms with Crippen LogP contribution in [0, 0.1) is 0 Å². The zero-order valence-electron chi connectivity index (χ0n) is 13.1. The lowest BCUT2D eigenvalue weighted by Crippen LogP contribution is -2.09. The highest BCUT2D eigenvalue weighted by atomic mass is 16.5. The van der Waals surface area contributed by atoms with E-state index in [2.05, 4.69) is 4.74 Å². The topological polar surface area (TPSA) is 117 Å². The van der Waals surface area contributed by atoms with Crippen LogP contribution >= 0.6 is 0 Å². The predicted molar refractivity (Wildman–Crippen MR) is 88.6 cm³/mol. The summed E-state index contributed by atoms with van der Waals surface area (Å²) in [5.41, 5.74) is 0.100. The second kappa shape index (κ2) is 6.20. The molecular formula is C18H14O7. The minimum absolute atomic E-state index is 0.0598. The van der Waals surface area contributed by atoms with Crippen molar-refractivity contribution in [3.05, 3.63) is 52.2 Å². The van der Waals surface area contributed by atoms with Crippen LogP contribution in [0.3, 0.4) is 0 Å². The Labute approximate surface area is 141 Å². The minimum Gasteiger partial charge on any atom is -0.508 e. The van der Waals surface area contributed by atoms with Crippen molar-refractivity contribution < 1.29 is 29.3 Å². The minimum atomic E-state index is -0.563. The number of fused-ring (bicyclic) bond motifs is 1. The number of phenols is 3. The molecule has 128 valence electrons. The molecule has 25 heavy (non-hydrogen) atoms. The van der Waals surface area contributed by atoms with Crippen LogP contribution < -0.4 is 5.43 Å². The summed E-state index contributed by atoms with van der Waals surface area (Å²) in [7, 11) is 1.22. The Hall–Kier alpha value is -3.48. The van der Waals surface area contributed by atoms with Gasteiger partial charge in [0.15, 0.2) is 5.43 Å². The van der Waals surface area contributed by atoms with Crippen molar-refractivity contribution in [2.24, 2.45) is 0 Å². The molecule has 0 aliphatic rings. The number of carbonyl (C=O) groups is 1. The van der Waals surface area contributed by atoms with Gasteiger partial charge in [0.2, 0.25) is 0 Å². The summed E-state index contributed by atoms with van der Waals surface area (Å²) in [6, 6.07) is 7.57. The summed E-state index contributed by atoms with van der Waals surface area (Å²) in [6.07, 6.45) is -0.198. The zero-order chi connectivity index (χ0) is 18.1. The lowest BCUT2D eigenvalue weighted by molar-refractivity contribution is -0.139. The average molecular weight is 342 g/mol. The summed E-state index contributed by atoms with van der Waals surface area (Å²) < 4.78 is 10.2. The summed E-state index contributed by atoms with van der Waals surface area (Å²) in [5.74, 6) is -1.09. The van der Waals surface area contributed by atoms with Gasteiger partial charge in [-0.1, -0.05) is 0 Å². The van der Waals surface area contributed by atoms with Crippen molar-refractivity contribution in [3.8, 4) is 28.6 Å². The number of rotatable bonds is 3. The molecule has 0 aliphatic carbocycles. The van der Waals surface area contributed by atoms with Crippen LogP contribution in [0.4, 0.5) is 0 Å². The fourth-order valence-corrected chi connectivity index (χ4v) is 2.58. The standard InChI is InChI=1S/C18H14O7/c1-24-17(23)5-9-4-11(20)7-16-18(9)14(22)8-15(25-16)12-3-2-10(19)6-13(12)21/h2-4,6-8,19-21H,5H2,1H3. The van der Waals surface area contributed by atoms with E-state index in [9.17, 15) is 24.9 Å². The Kier molecular flexibility index (Phi) is 4.06. The highest BCUT2D eigenvalue weighted by Gasteiger charge is 2.16. The number of esters is 1. The van der Waals surface area contributed by atoms with Gasteiger partial charge >= 0.3 is 5.97 Å². The molecular weight excluding hydrogens is 328 g/mol. The molecule has 1 aromatic heterocycles. The number of methoxy groups -OCH3 is 1. The fraction of sp³-hybridized carbons (Fsp3) is 0.111. The molecule has 3 aromatic rings. The number of hydrogen-bond acceptors (Lipinski definition) is 7. The van der Waals surface area contributed by atoms with E-state index < -0.39 is 11.4 Å². The van der Waals surface area contributed by atoms with Crippen molar-refractivity contribution in [3.63, 3.8) is 0 Å². The molecule has 0 spiro atoms. The van der Waals surface area contributed by atoms with E-state index in [0.29, 0.717) is 0 Å². The van der Waals surface area contributed by atoms with E-state index in [1.807, 2.05) is 0 Å². The normalized spacial score (nSPS) is 10.8. The SMILES string of the molecule is COC(=O)Cc1cc(O)cc2oc(-c3ccc(O)cc3O)cc(=O)c12. The maximum atomic E-state index is 12.5. The second-order valence-corrected chi connectivity index (χ2v) is 5.41. The lowest BCUT2D eigenvalue weighted by atomic mass is 10.0. The fourth-order valence-electron chi connectivity index (χ4n) is 2.58. The van der Waals surface area contributed by atoms with Crippen molar-refractivity contribution in [1.82, 2.24) is 0 Å². The molecule has 2 aromatic carbocycles. The molecule has 0 radical (unpaired) electrons. The van der Waals surface area contributed by atoms with Gasteiger partial charge in [0.05, 0.1) is 24.5 Å². The van der Waals surface area contributed by atoms with Crippen LogP contribution in [-0.4, -0.2) is 28.4 Å². The first-order chi connectivity index (χ1) is 11.9. The van der Waals surface area contributed by atoms with Crippen LogP contribution in [0.25, 0.3) is 22.3 Å². The molecule has 0 amide bonds. The first-order valence-electron chi connectivity index (χ1n) is 7.28. The number of ether oxygens (including phenoxy) is 1. The third-order valence-corrected chi connectivity index (χ3v) is 3.71. The molecule has 7 nitrogen and oxygen atoms in total. The zero-order valence-corrected chi connectivity index (χ0v) is 13.1. The van der Waals surface area contributed by atoms with E-state index >= 15 is 0 Å². The monoisotopic (exact) mass is 342 g/mol. The van der Waals surface area contributed by atoms with Crippen molar-refractivity contribution in [2.75, 3.05) is 7.11 Å². The van der Waals surface area contributed by atoms with Gasteiger partial charge in [-0.2, -0.15) is 0 Å². The Morgan fingerprint density at radius 3 is 2.52 bits per heavy atom. The van der Waals surface area contributed by atoms with E-state index in [-0.39, 0.29) is 51.5 Å². The first kappa shape index (κ1) is 16.4. The van der Waals surface area contributed by atoms with Crippen molar-refractivity contribution >= 4 is 16.9 Å². The van der Waals surface area contributed by atoms with Gasteiger partial charge < -0.3 is 24.5 Å². The van der Waals surface area contributed by atoms with Crippen LogP contribution in [-0.2, 0) is 16.0 Å². The van der Waals surface area contributed by atoms with E-state index in [1.165, 1.54) is 37.4 Å². The molecule has 0 unspecified atom stereocenters. The number of aromatic hydroxyl groups is 3. The van der Waals surface area contributed by atoms with Gasteiger partial charge in [-0.3, -0.25) is 9.59 Å². The van der Waals surface area contributed by atoms with Crippen LogP contribution in [0.5, 0.6) is 17.2 Å². The quantitative estimate of drug-likeness (QED) is 0.625. The molecule has 3 N–H and O–H groups in total. The number of phenolic OH excluding ortho intramolecular Hbond substituents is 3. The van der Waals surface area contributed by atoms with Gasteiger partial charge in [-0.15, -0.1) is 0 Å². The summed E-state index contributed by atoms with van der Waals surface area (Å²) in [6.45, 7) is 0. The van der Waals surface area contributed by atoms with Crippen LogP contribution in [0.15, 0.2) is 45.6 Å². The molecule has 7 heteroatoms. The summed E-state index contributed by atoms with van der Waals surface area (Å²) in [4.78, 5) is 24.0. The molecule has 0 aliphatic heterocycles. The molecule has 0 atom stereocenters. The molecule has 0 saturated heterocycles. The Balaban J connectivity index is 2.23.